The molecule has 1 N–H and O–H groups in total. The van der Waals surface area contributed by atoms with Crippen molar-refractivity contribution in [3.8, 4) is 0 Å². The quantitative estimate of drug-likeness (QED) is 0.703. The van der Waals surface area contributed by atoms with Crippen molar-refractivity contribution in [3.05, 3.63) is 0 Å². The zero-order valence-electron chi connectivity index (χ0n) is 10.4. The van der Waals surface area contributed by atoms with Crippen LogP contribution in [0.3, 0.4) is 0 Å². The summed E-state index contributed by atoms with van der Waals surface area (Å²) in [5.74, 6) is 0. The van der Waals surface area contributed by atoms with E-state index in [1.54, 1.807) is 13.8 Å². The maximum atomic E-state index is 11.7. The molecule has 0 radical (unpaired) electrons. The molecule has 0 saturated heterocycles. The van der Waals surface area contributed by atoms with Crippen LogP contribution in [0.2, 0.25) is 0 Å². The van der Waals surface area contributed by atoms with Gasteiger partial charge in [-0.3, -0.25) is 0 Å². The molecule has 0 fully saturated rings. The van der Waals surface area contributed by atoms with E-state index >= 15 is 0 Å². The molecule has 92 valence electrons. The zero-order chi connectivity index (χ0) is 11.9. The molecule has 15 heavy (non-hydrogen) atoms. The number of hydrogen-bond donors (Lipinski definition) is 1. The first-order valence-corrected chi connectivity index (χ1v) is 7.49. The average Bonchev–Trinajstić information content (AvgIpc) is 2.14. The molecule has 0 aromatic rings. The lowest BCUT2D eigenvalue weighted by Gasteiger charge is -2.19. The fraction of sp³-hybridized carbons (Fsp3) is 1.00. The molecule has 0 aliphatic carbocycles. The van der Waals surface area contributed by atoms with Crippen molar-refractivity contribution in [2.45, 2.75) is 71.1 Å². The van der Waals surface area contributed by atoms with E-state index in [0.717, 1.165) is 32.1 Å². The van der Waals surface area contributed by atoms with E-state index in [1.807, 2.05) is 0 Å². The smallest absolute Gasteiger partial charge is 0.212 e. The highest BCUT2D eigenvalue weighted by molar-refractivity contribution is 7.90. The third-order valence-electron chi connectivity index (χ3n) is 2.49. The van der Waals surface area contributed by atoms with E-state index in [9.17, 15) is 8.42 Å². The topological polar surface area (TPSA) is 46.2 Å². The maximum Gasteiger partial charge on any atom is 0.214 e. The third kappa shape index (κ3) is 6.15. The predicted molar refractivity (Wildman–Crippen MR) is 65.4 cm³/mol. The number of unbranched alkanes of at least 4 members (excludes halogenated alkanes) is 1. The Bertz CT molecular complexity index is 247. The van der Waals surface area contributed by atoms with E-state index in [4.69, 9.17) is 0 Å². The van der Waals surface area contributed by atoms with Gasteiger partial charge < -0.3 is 0 Å². The van der Waals surface area contributed by atoms with Gasteiger partial charge in [-0.2, -0.15) is 0 Å². The standard InChI is InChI=1S/C11H25NO2S/c1-5-7-9-11(8-6-2)12-15(13,14)10(3)4/h10-12H,5-9H2,1-4H3. The van der Waals surface area contributed by atoms with Crippen LogP contribution in [-0.4, -0.2) is 19.7 Å². The summed E-state index contributed by atoms with van der Waals surface area (Å²) in [6, 6.07) is 0.127. The summed E-state index contributed by atoms with van der Waals surface area (Å²) in [5.41, 5.74) is 0. The van der Waals surface area contributed by atoms with Gasteiger partial charge in [0, 0.05) is 6.04 Å². The molecule has 0 aromatic carbocycles. The van der Waals surface area contributed by atoms with Crippen LogP contribution in [0.15, 0.2) is 0 Å². The number of nitrogens with one attached hydrogen (secondary N) is 1. The summed E-state index contributed by atoms with van der Waals surface area (Å²) in [7, 11) is -3.10. The molecule has 1 unspecified atom stereocenters. The lowest BCUT2D eigenvalue weighted by Crippen LogP contribution is -2.39. The number of sulfonamides is 1. The highest BCUT2D eigenvalue weighted by atomic mass is 32.2. The van der Waals surface area contributed by atoms with Gasteiger partial charge in [0.25, 0.3) is 0 Å². The van der Waals surface area contributed by atoms with Crippen LogP contribution in [-0.2, 0) is 10.0 Å². The normalized spacial score (nSPS) is 14.5. The Morgan fingerprint density at radius 3 is 2.07 bits per heavy atom. The second-order valence-electron chi connectivity index (χ2n) is 4.34. The first-order chi connectivity index (χ1) is 6.94. The molecule has 0 spiro atoms. The molecule has 0 aliphatic rings. The Hall–Kier alpha value is -0.0900. The number of rotatable bonds is 8. The average molecular weight is 235 g/mol. The van der Waals surface area contributed by atoms with Crippen LogP contribution in [0.25, 0.3) is 0 Å². The van der Waals surface area contributed by atoms with Crippen molar-refractivity contribution in [1.82, 2.24) is 4.72 Å². The summed E-state index contributed by atoms with van der Waals surface area (Å²) in [4.78, 5) is 0. The lowest BCUT2D eigenvalue weighted by molar-refractivity contribution is 0.480. The van der Waals surface area contributed by atoms with Crippen molar-refractivity contribution < 1.29 is 8.42 Å². The van der Waals surface area contributed by atoms with E-state index in [0.29, 0.717) is 0 Å². The van der Waals surface area contributed by atoms with Crippen molar-refractivity contribution in [2.75, 3.05) is 0 Å². The summed E-state index contributed by atoms with van der Waals surface area (Å²) in [6.45, 7) is 7.64. The minimum Gasteiger partial charge on any atom is -0.212 e. The van der Waals surface area contributed by atoms with E-state index < -0.39 is 10.0 Å². The second-order valence-corrected chi connectivity index (χ2v) is 6.61. The van der Waals surface area contributed by atoms with E-state index in [-0.39, 0.29) is 11.3 Å². The fourth-order valence-corrected chi connectivity index (χ4v) is 2.40. The minimum absolute atomic E-state index is 0.127. The van der Waals surface area contributed by atoms with Gasteiger partial charge >= 0.3 is 0 Å². The Kier molecular flexibility index (Phi) is 7.18. The Morgan fingerprint density at radius 1 is 1.07 bits per heavy atom. The zero-order valence-corrected chi connectivity index (χ0v) is 11.2. The van der Waals surface area contributed by atoms with Gasteiger partial charge in [0.1, 0.15) is 0 Å². The molecule has 0 heterocycles. The second kappa shape index (κ2) is 7.23. The lowest BCUT2D eigenvalue weighted by atomic mass is 10.1. The van der Waals surface area contributed by atoms with Gasteiger partial charge in [-0.05, 0) is 26.7 Å². The van der Waals surface area contributed by atoms with Gasteiger partial charge in [0.15, 0.2) is 0 Å². The molecule has 0 aliphatic heterocycles. The molecular formula is C11H25NO2S. The van der Waals surface area contributed by atoms with Gasteiger partial charge in [-0.25, -0.2) is 13.1 Å². The summed E-state index contributed by atoms with van der Waals surface area (Å²) < 4.78 is 26.1. The predicted octanol–water partition coefficient (Wildman–Crippen LogP) is 2.67. The molecule has 1 atom stereocenters. The Labute approximate surface area is 94.7 Å². The van der Waals surface area contributed by atoms with Crippen molar-refractivity contribution >= 4 is 10.0 Å². The fourth-order valence-electron chi connectivity index (χ4n) is 1.43. The molecule has 0 aromatic heterocycles. The largest absolute Gasteiger partial charge is 0.214 e. The van der Waals surface area contributed by atoms with Crippen LogP contribution in [0, 0.1) is 0 Å². The molecule has 4 heteroatoms. The minimum atomic E-state index is -3.10. The van der Waals surface area contributed by atoms with Gasteiger partial charge in [-0.15, -0.1) is 0 Å². The first-order valence-electron chi connectivity index (χ1n) is 5.95. The Balaban J connectivity index is 4.27. The first kappa shape index (κ1) is 14.9. The van der Waals surface area contributed by atoms with Crippen LogP contribution < -0.4 is 4.72 Å². The summed E-state index contributed by atoms with van der Waals surface area (Å²) in [6.07, 6.45) is 5.12. The third-order valence-corrected chi connectivity index (χ3v) is 4.40. The molecule has 0 amide bonds. The van der Waals surface area contributed by atoms with Gasteiger partial charge in [0.2, 0.25) is 10.0 Å². The summed E-state index contributed by atoms with van der Waals surface area (Å²) in [5, 5.41) is -0.335. The van der Waals surface area contributed by atoms with Crippen molar-refractivity contribution in [2.24, 2.45) is 0 Å². The van der Waals surface area contributed by atoms with Crippen LogP contribution in [0.4, 0.5) is 0 Å². The monoisotopic (exact) mass is 235 g/mol. The van der Waals surface area contributed by atoms with Crippen LogP contribution >= 0.6 is 0 Å². The molecule has 3 nitrogen and oxygen atoms in total. The highest BCUT2D eigenvalue weighted by Gasteiger charge is 2.20. The highest BCUT2D eigenvalue weighted by Crippen LogP contribution is 2.09. The maximum absolute atomic E-state index is 11.7. The van der Waals surface area contributed by atoms with Gasteiger partial charge in [-0.1, -0.05) is 33.1 Å². The molecular weight excluding hydrogens is 210 g/mol. The van der Waals surface area contributed by atoms with Crippen LogP contribution in [0.1, 0.15) is 59.8 Å². The van der Waals surface area contributed by atoms with Gasteiger partial charge in [0.05, 0.1) is 5.25 Å². The van der Waals surface area contributed by atoms with Crippen molar-refractivity contribution in [3.63, 3.8) is 0 Å². The number of hydrogen-bond acceptors (Lipinski definition) is 2. The SMILES string of the molecule is CCCCC(CCC)NS(=O)(=O)C(C)C. The molecule has 0 rings (SSSR count). The van der Waals surface area contributed by atoms with Crippen molar-refractivity contribution in [1.29, 1.82) is 0 Å². The summed E-state index contributed by atoms with van der Waals surface area (Å²) >= 11 is 0. The van der Waals surface area contributed by atoms with E-state index in [1.165, 1.54) is 0 Å². The van der Waals surface area contributed by atoms with E-state index in [2.05, 4.69) is 18.6 Å². The molecule has 0 saturated carbocycles. The molecule has 0 bridgehead atoms. The Morgan fingerprint density at radius 2 is 1.67 bits per heavy atom. The van der Waals surface area contributed by atoms with Crippen LogP contribution in [0.5, 0.6) is 0 Å².